The van der Waals surface area contributed by atoms with E-state index in [-0.39, 0.29) is 0 Å². The molecule has 0 aliphatic carbocycles. The second-order valence-corrected chi connectivity index (χ2v) is 1.90. The van der Waals surface area contributed by atoms with Gasteiger partial charge in [-0.15, -0.1) is 0 Å². The summed E-state index contributed by atoms with van der Waals surface area (Å²) in [4.78, 5) is 0. The SMILES string of the molecule is C[n+]1ccc(NN)cc1. The quantitative estimate of drug-likeness (QED) is 0.309. The minimum atomic E-state index is 0.924. The smallest absolute Gasteiger partial charge is 0.170 e. The van der Waals surface area contributed by atoms with Crippen LogP contribution in [-0.4, -0.2) is 0 Å². The molecule has 0 saturated heterocycles. The molecular formula is C6H10N3+. The van der Waals surface area contributed by atoms with Gasteiger partial charge in [-0.2, -0.15) is 0 Å². The fraction of sp³-hybridized carbons (Fsp3) is 0.167. The van der Waals surface area contributed by atoms with E-state index in [1.165, 1.54) is 0 Å². The van der Waals surface area contributed by atoms with Gasteiger partial charge in [-0.25, -0.2) is 4.57 Å². The van der Waals surface area contributed by atoms with E-state index < -0.39 is 0 Å². The number of nitrogens with two attached hydrogens (primary N) is 1. The number of rotatable bonds is 1. The highest BCUT2D eigenvalue weighted by Crippen LogP contribution is 1.97. The Bertz CT molecular complexity index is 180. The molecule has 1 rings (SSSR count). The van der Waals surface area contributed by atoms with Crippen LogP contribution in [0.25, 0.3) is 0 Å². The first-order chi connectivity index (χ1) is 4.33. The molecular weight excluding hydrogens is 114 g/mol. The molecule has 0 bridgehead atoms. The predicted octanol–water partition coefficient (Wildman–Crippen LogP) is -0.203. The Labute approximate surface area is 54.1 Å². The van der Waals surface area contributed by atoms with Crippen LogP contribution >= 0.6 is 0 Å². The number of aryl methyl sites for hydroxylation is 1. The van der Waals surface area contributed by atoms with Crippen molar-refractivity contribution in [1.82, 2.24) is 0 Å². The Morgan fingerprint density at radius 3 is 2.44 bits per heavy atom. The Balaban J connectivity index is 2.88. The summed E-state index contributed by atoms with van der Waals surface area (Å²) in [6.07, 6.45) is 3.85. The zero-order valence-corrected chi connectivity index (χ0v) is 5.33. The molecule has 0 fully saturated rings. The number of hydrogen-bond acceptors (Lipinski definition) is 2. The highest BCUT2D eigenvalue weighted by atomic mass is 15.2. The van der Waals surface area contributed by atoms with Crippen molar-refractivity contribution in [1.29, 1.82) is 0 Å². The van der Waals surface area contributed by atoms with Crippen LogP contribution in [0.3, 0.4) is 0 Å². The molecule has 3 N–H and O–H groups in total. The Morgan fingerprint density at radius 1 is 1.44 bits per heavy atom. The lowest BCUT2D eigenvalue weighted by Gasteiger charge is -1.93. The number of nitrogens with one attached hydrogen (secondary N) is 1. The van der Waals surface area contributed by atoms with Crippen LogP contribution in [0.1, 0.15) is 0 Å². The van der Waals surface area contributed by atoms with Gasteiger partial charge in [-0.1, -0.05) is 0 Å². The van der Waals surface area contributed by atoms with E-state index >= 15 is 0 Å². The second-order valence-electron chi connectivity index (χ2n) is 1.90. The standard InChI is InChI=1S/C6H9N3/c1-9-4-2-6(8-7)3-5-9/h2-5H,7H2,1H3/p+1. The number of anilines is 1. The Kier molecular flexibility index (Phi) is 1.65. The highest BCUT2D eigenvalue weighted by molar-refractivity contribution is 5.37. The molecule has 0 unspecified atom stereocenters. The average molecular weight is 124 g/mol. The second kappa shape index (κ2) is 2.46. The fourth-order valence-electron chi connectivity index (χ4n) is 0.597. The first-order valence-corrected chi connectivity index (χ1v) is 2.75. The van der Waals surface area contributed by atoms with Gasteiger partial charge in [0, 0.05) is 12.1 Å². The van der Waals surface area contributed by atoms with Crippen molar-refractivity contribution in [2.45, 2.75) is 0 Å². The van der Waals surface area contributed by atoms with Gasteiger partial charge in [-0.05, 0) is 0 Å². The average Bonchev–Trinajstić information content (AvgIpc) is 1.90. The van der Waals surface area contributed by atoms with Crippen LogP contribution in [0.15, 0.2) is 24.5 Å². The van der Waals surface area contributed by atoms with Crippen molar-refractivity contribution in [3.8, 4) is 0 Å². The Hall–Kier alpha value is -1.09. The molecule has 48 valence electrons. The molecule has 9 heavy (non-hydrogen) atoms. The zero-order valence-electron chi connectivity index (χ0n) is 5.33. The summed E-state index contributed by atoms with van der Waals surface area (Å²) in [5.41, 5.74) is 3.47. The summed E-state index contributed by atoms with van der Waals surface area (Å²) in [6, 6.07) is 3.81. The van der Waals surface area contributed by atoms with Crippen LogP contribution in [0.5, 0.6) is 0 Å². The molecule has 3 heteroatoms. The van der Waals surface area contributed by atoms with Crippen LogP contribution in [-0.2, 0) is 7.05 Å². The largest absolute Gasteiger partial charge is 0.324 e. The summed E-state index contributed by atoms with van der Waals surface area (Å²) in [5, 5.41) is 0. The van der Waals surface area contributed by atoms with E-state index in [0.717, 1.165) is 5.69 Å². The predicted molar refractivity (Wildman–Crippen MR) is 35.4 cm³/mol. The molecule has 0 amide bonds. The topological polar surface area (TPSA) is 41.9 Å². The monoisotopic (exact) mass is 124 g/mol. The highest BCUT2D eigenvalue weighted by Gasteiger charge is 1.89. The third-order valence-electron chi connectivity index (χ3n) is 1.15. The van der Waals surface area contributed by atoms with Crippen molar-refractivity contribution < 1.29 is 4.57 Å². The number of pyridine rings is 1. The van der Waals surface area contributed by atoms with Crippen LogP contribution in [0, 0.1) is 0 Å². The molecule has 3 nitrogen and oxygen atoms in total. The van der Waals surface area contributed by atoms with Gasteiger partial charge in [0.05, 0.1) is 5.69 Å². The summed E-state index contributed by atoms with van der Waals surface area (Å²) in [7, 11) is 1.96. The number of nitrogen functional groups attached to an aromatic ring is 1. The first kappa shape index (κ1) is 6.04. The minimum Gasteiger partial charge on any atom is -0.324 e. The van der Waals surface area contributed by atoms with E-state index in [0.29, 0.717) is 0 Å². The fourth-order valence-corrected chi connectivity index (χ4v) is 0.597. The molecule has 0 spiro atoms. The number of aromatic nitrogens is 1. The minimum absolute atomic E-state index is 0.924. The summed E-state index contributed by atoms with van der Waals surface area (Å²) in [5.74, 6) is 5.14. The first-order valence-electron chi connectivity index (χ1n) is 2.75. The van der Waals surface area contributed by atoms with E-state index in [4.69, 9.17) is 5.84 Å². The lowest BCUT2D eigenvalue weighted by molar-refractivity contribution is -0.671. The molecule has 1 heterocycles. The van der Waals surface area contributed by atoms with Crippen molar-refractivity contribution in [3.63, 3.8) is 0 Å². The van der Waals surface area contributed by atoms with Crippen molar-refractivity contribution >= 4 is 5.69 Å². The molecule has 1 aromatic heterocycles. The van der Waals surface area contributed by atoms with Crippen molar-refractivity contribution in [2.75, 3.05) is 5.43 Å². The van der Waals surface area contributed by atoms with Gasteiger partial charge in [0.15, 0.2) is 12.4 Å². The van der Waals surface area contributed by atoms with E-state index in [1.54, 1.807) is 0 Å². The van der Waals surface area contributed by atoms with E-state index in [2.05, 4.69) is 5.43 Å². The third-order valence-corrected chi connectivity index (χ3v) is 1.15. The van der Waals surface area contributed by atoms with Gasteiger partial charge in [-0.3, -0.25) is 5.84 Å². The van der Waals surface area contributed by atoms with Gasteiger partial charge in [0.25, 0.3) is 0 Å². The summed E-state index contributed by atoms with van der Waals surface area (Å²) < 4.78 is 1.95. The lowest BCUT2D eigenvalue weighted by atomic mass is 10.4. The molecule has 0 saturated carbocycles. The summed E-state index contributed by atoms with van der Waals surface area (Å²) >= 11 is 0. The summed E-state index contributed by atoms with van der Waals surface area (Å²) in [6.45, 7) is 0. The lowest BCUT2D eigenvalue weighted by Crippen LogP contribution is -2.26. The molecule has 0 aliphatic heterocycles. The molecule has 0 aliphatic rings. The number of hydrazine groups is 1. The number of hydrogen-bond donors (Lipinski definition) is 2. The molecule has 0 radical (unpaired) electrons. The zero-order chi connectivity index (χ0) is 6.69. The molecule has 1 aromatic rings. The van der Waals surface area contributed by atoms with Crippen molar-refractivity contribution in [3.05, 3.63) is 24.5 Å². The van der Waals surface area contributed by atoms with E-state index in [1.807, 2.05) is 36.1 Å². The van der Waals surface area contributed by atoms with Crippen LogP contribution < -0.4 is 15.8 Å². The van der Waals surface area contributed by atoms with Crippen LogP contribution in [0.4, 0.5) is 5.69 Å². The van der Waals surface area contributed by atoms with E-state index in [9.17, 15) is 0 Å². The third kappa shape index (κ3) is 1.40. The normalized spacial score (nSPS) is 9.11. The van der Waals surface area contributed by atoms with Gasteiger partial charge in [0.2, 0.25) is 0 Å². The van der Waals surface area contributed by atoms with Gasteiger partial charge in [0.1, 0.15) is 7.05 Å². The maximum atomic E-state index is 5.14. The Morgan fingerprint density at radius 2 is 2.00 bits per heavy atom. The maximum Gasteiger partial charge on any atom is 0.170 e. The number of nitrogens with zero attached hydrogens (tertiary/aromatic N) is 1. The van der Waals surface area contributed by atoms with Crippen LogP contribution in [0.2, 0.25) is 0 Å². The molecule has 0 atom stereocenters. The van der Waals surface area contributed by atoms with Gasteiger partial charge < -0.3 is 5.43 Å². The maximum absolute atomic E-state index is 5.14. The van der Waals surface area contributed by atoms with Gasteiger partial charge >= 0.3 is 0 Å². The molecule has 0 aromatic carbocycles. The van der Waals surface area contributed by atoms with Crippen molar-refractivity contribution in [2.24, 2.45) is 12.9 Å².